The number of carbonyl (C=O) groups is 3. The van der Waals surface area contributed by atoms with Crippen molar-refractivity contribution >= 4 is 42.0 Å². The molecule has 1 amide bonds. The normalized spacial score (nSPS) is 11.2. The Morgan fingerprint density at radius 1 is 1.22 bits per heavy atom. The van der Waals surface area contributed by atoms with Crippen LogP contribution < -0.4 is 11.1 Å². The monoisotopic (exact) mass is 300 g/mol. The van der Waals surface area contributed by atoms with Gasteiger partial charge in [-0.2, -0.15) is 11.8 Å². The molecule has 0 spiro atoms. The van der Waals surface area contributed by atoms with Gasteiger partial charge in [-0.05, 0) is 12.2 Å². The maximum absolute atomic E-state index is 11.0. The van der Waals surface area contributed by atoms with E-state index in [1.807, 2.05) is 0 Å². The Morgan fingerprint density at radius 2 is 1.83 bits per heavy atom. The summed E-state index contributed by atoms with van der Waals surface area (Å²) in [6.07, 6.45) is 0.553. The molecule has 0 unspecified atom stereocenters. The molecule has 0 fully saturated rings. The van der Waals surface area contributed by atoms with Crippen LogP contribution >= 0.6 is 24.2 Å². The van der Waals surface area contributed by atoms with Gasteiger partial charge in [0.2, 0.25) is 5.91 Å². The van der Waals surface area contributed by atoms with Crippen molar-refractivity contribution in [2.45, 2.75) is 18.9 Å². The first-order chi connectivity index (χ1) is 7.93. The van der Waals surface area contributed by atoms with Gasteiger partial charge in [-0.25, -0.2) is 0 Å². The average Bonchev–Trinajstić information content (AvgIpc) is 2.25. The van der Waals surface area contributed by atoms with E-state index in [4.69, 9.17) is 15.9 Å². The summed E-state index contributed by atoms with van der Waals surface area (Å²) in [7, 11) is 0. The molecule has 9 heteroatoms. The van der Waals surface area contributed by atoms with Crippen molar-refractivity contribution in [1.82, 2.24) is 5.32 Å². The summed E-state index contributed by atoms with van der Waals surface area (Å²) in [6.45, 7) is -0.382. The first-order valence-corrected chi connectivity index (χ1v) is 6.13. The largest absolute Gasteiger partial charge is 0.480 e. The Labute approximate surface area is 115 Å². The molecule has 0 aromatic rings. The van der Waals surface area contributed by atoms with E-state index in [1.165, 1.54) is 11.8 Å². The molecule has 106 valence electrons. The summed E-state index contributed by atoms with van der Waals surface area (Å²) >= 11 is 1.41. The molecule has 0 bridgehead atoms. The molecule has 0 aromatic carbocycles. The Bertz CT molecular complexity index is 290. The molecule has 7 nitrogen and oxygen atoms in total. The van der Waals surface area contributed by atoms with Gasteiger partial charge in [0.05, 0.1) is 0 Å². The van der Waals surface area contributed by atoms with Crippen molar-refractivity contribution < 1.29 is 24.6 Å². The van der Waals surface area contributed by atoms with Crippen molar-refractivity contribution in [3.05, 3.63) is 0 Å². The molecule has 0 saturated heterocycles. The highest BCUT2D eigenvalue weighted by atomic mass is 35.5. The molecular formula is C9H17ClN2O5S. The molecule has 0 aliphatic rings. The number of aliphatic carboxylic acids is 2. The van der Waals surface area contributed by atoms with Gasteiger partial charge in [0.1, 0.15) is 12.6 Å². The van der Waals surface area contributed by atoms with Crippen LogP contribution in [0.4, 0.5) is 0 Å². The van der Waals surface area contributed by atoms with E-state index in [0.29, 0.717) is 17.9 Å². The number of amides is 1. The van der Waals surface area contributed by atoms with Gasteiger partial charge >= 0.3 is 11.9 Å². The van der Waals surface area contributed by atoms with Crippen LogP contribution in [0.25, 0.3) is 0 Å². The summed E-state index contributed by atoms with van der Waals surface area (Å²) in [6, 6.07) is -0.872. The van der Waals surface area contributed by atoms with Crippen LogP contribution in [0.2, 0.25) is 0 Å². The molecule has 1 atom stereocenters. The van der Waals surface area contributed by atoms with Crippen LogP contribution in [0.3, 0.4) is 0 Å². The third-order valence-electron chi connectivity index (χ3n) is 1.80. The maximum Gasteiger partial charge on any atom is 0.322 e. The van der Waals surface area contributed by atoms with E-state index < -0.39 is 18.0 Å². The lowest BCUT2D eigenvalue weighted by Gasteiger charge is -2.05. The van der Waals surface area contributed by atoms with Crippen LogP contribution in [-0.4, -0.2) is 52.2 Å². The van der Waals surface area contributed by atoms with Gasteiger partial charge in [0, 0.05) is 12.2 Å². The number of thioether (sulfide) groups is 1. The number of hydrogen-bond acceptors (Lipinski definition) is 5. The van der Waals surface area contributed by atoms with Gasteiger partial charge in [0.25, 0.3) is 0 Å². The number of hydrogen-bond donors (Lipinski definition) is 4. The zero-order valence-corrected chi connectivity index (χ0v) is 11.3. The summed E-state index contributed by atoms with van der Waals surface area (Å²) in [5, 5.41) is 19.0. The Balaban J connectivity index is 0. The van der Waals surface area contributed by atoms with Crippen LogP contribution in [0.15, 0.2) is 0 Å². The lowest BCUT2D eigenvalue weighted by atomic mass is 10.2. The van der Waals surface area contributed by atoms with E-state index in [-0.39, 0.29) is 31.3 Å². The van der Waals surface area contributed by atoms with E-state index in [9.17, 15) is 14.4 Å². The number of nitrogens with one attached hydrogen (secondary N) is 1. The first-order valence-electron chi connectivity index (χ1n) is 4.98. The van der Waals surface area contributed by atoms with Crippen molar-refractivity contribution in [2.24, 2.45) is 5.73 Å². The van der Waals surface area contributed by atoms with Gasteiger partial charge < -0.3 is 21.3 Å². The number of nitrogens with two attached hydrogens (primary N) is 1. The smallest absolute Gasteiger partial charge is 0.322 e. The number of carboxylic acid groups (broad SMARTS) is 2. The van der Waals surface area contributed by atoms with Gasteiger partial charge in [-0.3, -0.25) is 14.4 Å². The van der Waals surface area contributed by atoms with Crippen LogP contribution in [0.1, 0.15) is 12.8 Å². The lowest BCUT2D eigenvalue weighted by Crippen LogP contribution is -2.30. The summed E-state index contributed by atoms with van der Waals surface area (Å²) in [4.78, 5) is 31.5. The first kappa shape index (κ1) is 19.4. The fraction of sp³-hybridized carbons (Fsp3) is 0.667. The molecule has 0 rings (SSSR count). The summed E-state index contributed by atoms with van der Waals surface area (Å²) in [5.41, 5.74) is 5.28. The SMILES string of the molecule is Cl.N[C@@H](CCSCCC(=O)NCC(=O)O)C(=O)O. The number of carboxylic acids is 2. The highest BCUT2D eigenvalue weighted by Crippen LogP contribution is 2.05. The van der Waals surface area contributed by atoms with Crippen molar-refractivity contribution in [1.29, 1.82) is 0 Å². The van der Waals surface area contributed by atoms with Gasteiger partial charge in [-0.15, -0.1) is 12.4 Å². The molecule has 0 heterocycles. The highest BCUT2D eigenvalue weighted by molar-refractivity contribution is 7.99. The quantitative estimate of drug-likeness (QED) is 0.424. The lowest BCUT2D eigenvalue weighted by molar-refractivity contribution is -0.138. The second kappa shape index (κ2) is 11.1. The maximum atomic E-state index is 11.0. The fourth-order valence-electron chi connectivity index (χ4n) is 0.863. The number of rotatable bonds is 9. The minimum Gasteiger partial charge on any atom is -0.480 e. The average molecular weight is 301 g/mol. The second-order valence-corrected chi connectivity index (χ2v) is 4.49. The van der Waals surface area contributed by atoms with Gasteiger partial charge in [0.15, 0.2) is 0 Å². The van der Waals surface area contributed by atoms with Crippen LogP contribution in [0, 0.1) is 0 Å². The zero-order chi connectivity index (χ0) is 13.3. The Kier molecular flexibility index (Phi) is 12.0. The Morgan fingerprint density at radius 3 is 2.33 bits per heavy atom. The standard InChI is InChI=1S/C9H16N2O5S.ClH/c10-6(9(15)16)1-3-17-4-2-7(12)11-5-8(13)14;/h6H,1-5,10H2,(H,11,12)(H,13,14)(H,15,16);1H/t6-;/m0./s1. The Hall–Kier alpha value is -0.990. The third-order valence-corrected chi connectivity index (χ3v) is 2.82. The van der Waals surface area contributed by atoms with E-state index in [2.05, 4.69) is 5.32 Å². The number of carbonyl (C=O) groups excluding carboxylic acids is 1. The molecule has 0 aromatic heterocycles. The topological polar surface area (TPSA) is 130 Å². The van der Waals surface area contributed by atoms with Crippen molar-refractivity contribution in [2.75, 3.05) is 18.1 Å². The molecule has 0 aliphatic carbocycles. The molecule has 5 N–H and O–H groups in total. The fourth-order valence-corrected chi connectivity index (χ4v) is 1.82. The molecule has 0 saturated carbocycles. The highest BCUT2D eigenvalue weighted by Gasteiger charge is 2.10. The van der Waals surface area contributed by atoms with Gasteiger partial charge in [-0.1, -0.05) is 0 Å². The molecule has 18 heavy (non-hydrogen) atoms. The summed E-state index contributed by atoms with van der Waals surface area (Å²) < 4.78 is 0. The second-order valence-electron chi connectivity index (χ2n) is 3.27. The zero-order valence-electron chi connectivity index (χ0n) is 9.63. The van der Waals surface area contributed by atoms with Crippen LogP contribution in [0.5, 0.6) is 0 Å². The minimum absolute atomic E-state index is 0. The predicted molar refractivity (Wildman–Crippen MR) is 70.1 cm³/mol. The third kappa shape index (κ3) is 11.5. The van der Waals surface area contributed by atoms with E-state index in [1.54, 1.807) is 0 Å². The molecule has 0 aliphatic heterocycles. The molecule has 0 radical (unpaired) electrons. The predicted octanol–water partition coefficient (Wildman–Crippen LogP) is -0.466. The molecular weight excluding hydrogens is 284 g/mol. The van der Waals surface area contributed by atoms with Crippen molar-refractivity contribution in [3.8, 4) is 0 Å². The summed E-state index contributed by atoms with van der Waals surface area (Å²) in [5.74, 6) is -1.39. The van der Waals surface area contributed by atoms with Crippen molar-refractivity contribution in [3.63, 3.8) is 0 Å². The van der Waals surface area contributed by atoms with Crippen LogP contribution in [-0.2, 0) is 14.4 Å². The van der Waals surface area contributed by atoms with E-state index in [0.717, 1.165) is 0 Å². The van der Waals surface area contributed by atoms with E-state index >= 15 is 0 Å². The minimum atomic E-state index is -1.08. The number of halogens is 1.